The molecule has 3 aromatic rings. The summed E-state index contributed by atoms with van der Waals surface area (Å²) in [5.74, 6) is -0.729. The zero-order valence-corrected chi connectivity index (χ0v) is 17.8. The Labute approximate surface area is 170 Å². The van der Waals surface area contributed by atoms with Crippen molar-refractivity contribution in [3.63, 3.8) is 0 Å². The lowest BCUT2D eigenvalue weighted by atomic mass is 10.1. The second-order valence-electron chi connectivity index (χ2n) is 7.24. The number of hydrogen-bond acceptors (Lipinski definition) is 5. The lowest BCUT2D eigenvalue weighted by molar-refractivity contribution is -0.113. The molecule has 7 heteroatoms. The van der Waals surface area contributed by atoms with Gasteiger partial charge in [0, 0.05) is 11.3 Å². The second-order valence-corrected chi connectivity index (χ2v) is 9.30. The molecule has 0 saturated carbocycles. The van der Waals surface area contributed by atoms with Gasteiger partial charge in [-0.25, -0.2) is 13.4 Å². The molecule has 0 spiro atoms. The highest BCUT2D eigenvalue weighted by molar-refractivity contribution is 7.91. The number of nitrogens with one attached hydrogen (secondary N) is 1. The average Bonchev–Trinajstić information content (AvgIpc) is 2.97. The van der Waals surface area contributed by atoms with Gasteiger partial charge in [-0.2, -0.15) is 0 Å². The second kappa shape index (κ2) is 8.21. The van der Waals surface area contributed by atoms with E-state index < -0.39 is 21.5 Å². The number of amides is 1. The van der Waals surface area contributed by atoms with Gasteiger partial charge in [0.1, 0.15) is 11.5 Å². The maximum Gasteiger partial charge on any atom is 0.239 e. The van der Waals surface area contributed by atoms with Gasteiger partial charge in [-0.15, -0.1) is 0 Å². The number of carbonyl (C=O) groups is 1. The molecule has 0 aliphatic rings. The molecule has 6 nitrogen and oxygen atoms in total. The van der Waals surface area contributed by atoms with Crippen LogP contribution in [-0.4, -0.2) is 25.1 Å². The molecule has 29 heavy (non-hydrogen) atoms. The van der Waals surface area contributed by atoms with Crippen molar-refractivity contribution in [3.05, 3.63) is 70.6 Å². The molecule has 1 N–H and O–H groups in total. The molecule has 1 aromatic heterocycles. The lowest BCUT2D eigenvalue weighted by Gasteiger charge is -2.09. The number of nitrogens with zero attached hydrogens (tertiary/aromatic N) is 1. The van der Waals surface area contributed by atoms with Crippen molar-refractivity contribution < 1.29 is 17.6 Å². The minimum absolute atomic E-state index is 0.322. The van der Waals surface area contributed by atoms with E-state index in [1.54, 1.807) is 6.92 Å². The summed E-state index contributed by atoms with van der Waals surface area (Å²) in [7, 11) is -3.71. The van der Waals surface area contributed by atoms with Crippen LogP contribution in [0.1, 0.15) is 28.1 Å². The molecule has 0 atom stereocenters. The Morgan fingerprint density at radius 2 is 1.76 bits per heavy atom. The van der Waals surface area contributed by atoms with Crippen LogP contribution in [-0.2, 0) is 20.4 Å². The van der Waals surface area contributed by atoms with Gasteiger partial charge in [0.25, 0.3) is 0 Å². The van der Waals surface area contributed by atoms with E-state index in [1.807, 2.05) is 63.2 Å². The van der Waals surface area contributed by atoms with Crippen LogP contribution in [0.25, 0.3) is 11.5 Å². The summed E-state index contributed by atoms with van der Waals surface area (Å²) >= 11 is 0. The molecular formula is C22H24N2O4S. The fourth-order valence-electron chi connectivity index (χ4n) is 3.01. The summed E-state index contributed by atoms with van der Waals surface area (Å²) in [4.78, 5) is 16.7. The number of anilines is 1. The van der Waals surface area contributed by atoms with Crippen molar-refractivity contribution in [2.45, 2.75) is 33.4 Å². The fourth-order valence-corrected chi connectivity index (χ4v) is 4.26. The van der Waals surface area contributed by atoms with E-state index in [1.165, 1.54) is 0 Å². The lowest BCUT2D eigenvalue weighted by Crippen LogP contribution is -2.24. The molecule has 0 radical (unpaired) electrons. The summed E-state index contributed by atoms with van der Waals surface area (Å²) in [5, 5.41) is 2.68. The first-order valence-corrected chi connectivity index (χ1v) is 11.1. The van der Waals surface area contributed by atoms with Crippen LogP contribution in [0.3, 0.4) is 0 Å². The molecule has 0 aliphatic carbocycles. The van der Waals surface area contributed by atoms with Crippen molar-refractivity contribution >= 4 is 21.4 Å². The van der Waals surface area contributed by atoms with E-state index in [0.29, 0.717) is 23.0 Å². The SMILES string of the molecule is Cc1ccc(C)c(NC(=O)CS(=O)(=O)Cc2nc(-c3ccccc3C)oc2C)c1. The van der Waals surface area contributed by atoms with Crippen LogP contribution in [0.15, 0.2) is 46.9 Å². The Bertz CT molecular complexity index is 1160. The Balaban J connectivity index is 1.73. The van der Waals surface area contributed by atoms with Crippen LogP contribution < -0.4 is 5.32 Å². The molecule has 0 saturated heterocycles. The molecule has 0 aliphatic heterocycles. The average molecular weight is 413 g/mol. The number of sulfone groups is 1. The molecule has 2 aromatic carbocycles. The third-order valence-electron chi connectivity index (χ3n) is 4.64. The van der Waals surface area contributed by atoms with E-state index in [2.05, 4.69) is 10.3 Å². The molecule has 0 bridgehead atoms. The van der Waals surface area contributed by atoms with Crippen molar-refractivity contribution in [2.75, 3.05) is 11.1 Å². The highest BCUT2D eigenvalue weighted by Gasteiger charge is 2.23. The summed E-state index contributed by atoms with van der Waals surface area (Å²) in [6, 6.07) is 13.2. The normalized spacial score (nSPS) is 11.4. The number of aromatic nitrogens is 1. The molecule has 1 amide bonds. The number of oxazole rings is 1. The van der Waals surface area contributed by atoms with Crippen LogP contribution >= 0.6 is 0 Å². The highest BCUT2D eigenvalue weighted by atomic mass is 32.2. The standard InChI is InChI=1S/C22H24N2O4S/c1-14-9-10-16(3)19(11-14)23-21(25)13-29(26,27)12-20-17(4)28-22(24-20)18-8-6-5-7-15(18)2/h5-11H,12-13H2,1-4H3,(H,23,25). The van der Waals surface area contributed by atoms with Gasteiger partial charge in [-0.1, -0.05) is 30.3 Å². The summed E-state index contributed by atoms with van der Waals surface area (Å²) in [6.45, 7) is 7.37. The van der Waals surface area contributed by atoms with E-state index in [0.717, 1.165) is 22.3 Å². The van der Waals surface area contributed by atoms with Crippen molar-refractivity contribution in [2.24, 2.45) is 0 Å². The maximum absolute atomic E-state index is 12.6. The van der Waals surface area contributed by atoms with Gasteiger partial charge in [0.2, 0.25) is 11.8 Å². The summed E-state index contributed by atoms with van der Waals surface area (Å²) in [5.41, 5.74) is 4.59. The minimum atomic E-state index is -3.71. The van der Waals surface area contributed by atoms with Crippen LogP contribution in [0.2, 0.25) is 0 Å². The highest BCUT2D eigenvalue weighted by Crippen LogP contribution is 2.25. The van der Waals surface area contributed by atoms with Crippen molar-refractivity contribution in [1.29, 1.82) is 0 Å². The molecule has 0 unspecified atom stereocenters. The monoisotopic (exact) mass is 412 g/mol. The molecular weight excluding hydrogens is 388 g/mol. The zero-order valence-electron chi connectivity index (χ0n) is 16.9. The maximum atomic E-state index is 12.6. The van der Waals surface area contributed by atoms with Crippen LogP contribution in [0, 0.1) is 27.7 Å². The number of hydrogen-bond donors (Lipinski definition) is 1. The van der Waals surface area contributed by atoms with E-state index >= 15 is 0 Å². The Hall–Kier alpha value is -2.93. The summed E-state index contributed by atoms with van der Waals surface area (Å²) < 4.78 is 30.8. The molecule has 152 valence electrons. The number of carbonyl (C=O) groups excluding carboxylic acids is 1. The Morgan fingerprint density at radius 1 is 1.03 bits per heavy atom. The first kappa shape index (κ1) is 20.8. The first-order valence-electron chi connectivity index (χ1n) is 9.24. The predicted molar refractivity (Wildman–Crippen MR) is 113 cm³/mol. The van der Waals surface area contributed by atoms with Crippen LogP contribution in [0.5, 0.6) is 0 Å². The number of aryl methyl sites for hydroxylation is 4. The van der Waals surface area contributed by atoms with Gasteiger partial charge >= 0.3 is 0 Å². The van der Waals surface area contributed by atoms with E-state index in [9.17, 15) is 13.2 Å². The first-order chi connectivity index (χ1) is 13.6. The van der Waals surface area contributed by atoms with E-state index in [4.69, 9.17) is 4.42 Å². The Kier molecular flexibility index (Phi) is 5.88. The summed E-state index contributed by atoms with van der Waals surface area (Å²) in [6.07, 6.45) is 0. The van der Waals surface area contributed by atoms with E-state index in [-0.39, 0.29) is 5.75 Å². The largest absolute Gasteiger partial charge is 0.441 e. The van der Waals surface area contributed by atoms with Gasteiger partial charge in [0.05, 0.1) is 11.4 Å². The van der Waals surface area contributed by atoms with Gasteiger partial charge in [-0.3, -0.25) is 4.79 Å². The quantitative estimate of drug-likeness (QED) is 0.658. The molecule has 1 heterocycles. The molecule has 0 fully saturated rings. The van der Waals surface area contributed by atoms with Gasteiger partial charge in [0.15, 0.2) is 9.84 Å². The van der Waals surface area contributed by atoms with Crippen LogP contribution in [0.4, 0.5) is 5.69 Å². The van der Waals surface area contributed by atoms with Crippen molar-refractivity contribution in [3.8, 4) is 11.5 Å². The number of rotatable bonds is 6. The van der Waals surface area contributed by atoms with Gasteiger partial charge < -0.3 is 9.73 Å². The molecule has 3 rings (SSSR count). The van der Waals surface area contributed by atoms with Crippen molar-refractivity contribution in [1.82, 2.24) is 4.98 Å². The fraction of sp³-hybridized carbons (Fsp3) is 0.273. The minimum Gasteiger partial charge on any atom is -0.441 e. The Morgan fingerprint density at radius 3 is 2.48 bits per heavy atom. The number of benzene rings is 2. The van der Waals surface area contributed by atoms with Gasteiger partial charge in [-0.05, 0) is 56.5 Å². The predicted octanol–water partition coefficient (Wildman–Crippen LogP) is 4.13. The smallest absolute Gasteiger partial charge is 0.239 e. The third-order valence-corrected chi connectivity index (χ3v) is 6.06. The zero-order chi connectivity index (χ0) is 21.2. The third kappa shape index (κ3) is 5.12. The topological polar surface area (TPSA) is 89.3 Å².